The van der Waals surface area contributed by atoms with Crippen molar-refractivity contribution in [1.82, 2.24) is 4.98 Å². The number of rotatable bonds is 4. The Morgan fingerprint density at radius 3 is 2.50 bits per heavy atom. The molecular formula is C9H9F3N4O2. The van der Waals surface area contributed by atoms with Gasteiger partial charge in [-0.1, -0.05) is 11.2 Å². The van der Waals surface area contributed by atoms with Gasteiger partial charge in [-0.05, 0) is 11.6 Å². The van der Waals surface area contributed by atoms with Crippen LogP contribution >= 0.6 is 0 Å². The first kappa shape index (κ1) is 14.2. The largest absolute Gasteiger partial charge is 0.433 e. The fourth-order valence-electron chi connectivity index (χ4n) is 1.19. The van der Waals surface area contributed by atoms with Crippen LogP contribution in [0.2, 0.25) is 0 Å². The Bertz CT molecular complexity index is 442. The molecule has 2 atom stereocenters. The van der Waals surface area contributed by atoms with E-state index in [1.807, 2.05) is 0 Å². The van der Waals surface area contributed by atoms with E-state index in [1.54, 1.807) is 0 Å². The molecule has 2 N–H and O–H groups in total. The minimum Gasteiger partial charge on any atom is -0.390 e. The lowest BCUT2D eigenvalue weighted by atomic mass is 10.1. The first-order chi connectivity index (χ1) is 8.36. The number of hydrogen-bond acceptors (Lipinski definition) is 4. The quantitative estimate of drug-likeness (QED) is 0.491. The Balaban J connectivity index is 2.81. The Kier molecular flexibility index (Phi) is 4.49. The Labute approximate surface area is 99.3 Å². The monoisotopic (exact) mass is 262 g/mol. The van der Waals surface area contributed by atoms with Gasteiger partial charge in [-0.25, -0.2) is 0 Å². The van der Waals surface area contributed by atoms with E-state index in [-0.39, 0.29) is 5.56 Å². The Morgan fingerprint density at radius 2 is 2.06 bits per heavy atom. The topological polar surface area (TPSA) is 102 Å². The number of aliphatic hydroxyl groups excluding tert-OH is 2. The molecule has 18 heavy (non-hydrogen) atoms. The fourth-order valence-corrected chi connectivity index (χ4v) is 1.19. The Hall–Kier alpha value is -1.83. The van der Waals surface area contributed by atoms with Crippen molar-refractivity contribution in [1.29, 1.82) is 0 Å². The van der Waals surface area contributed by atoms with Crippen molar-refractivity contribution in [3.63, 3.8) is 0 Å². The van der Waals surface area contributed by atoms with Crippen LogP contribution in [0.4, 0.5) is 13.2 Å². The van der Waals surface area contributed by atoms with Gasteiger partial charge < -0.3 is 10.2 Å². The van der Waals surface area contributed by atoms with Crippen molar-refractivity contribution in [2.45, 2.75) is 18.4 Å². The summed E-state index contributed by atoms with van der Waals surface area (Å²) in [6.45, 7) is -0.390. The van der Waals surface area contributed by atoms with Crippen molar-refractivity contribution < 1.29 is 23.4 Å². The zero-order valence-corrected chi connectivity index (χ0v) is 8.91. The summed E-state index contributed by atoms with van der Waals surface area (Å²) in [6, 6.07) is 1.69. The molecule has 98 valence electrons. The molecule has 6 nitrogen and oxygen atoms in total. The highest BCUT2D eigenvalue weighted by atomic mass is 19.4. The van der Waals surface area contributed by atoms with Gasteiger partial charge in [0.1, 0.15) is 11.8 Å². The summed E-state index contributed by atoms with van der Waals surface area (Å²) in [5, 5.41) is 22.0. The molecule has 0 radical (unpaired) electrons. The molecule has 0 bridgehead atoms. The zero-order valence-electron chi connectivity index (χ0n) is 8.91. The van der Waals surface area contributed by atoms with Crippen LogP contribution < -0.4 is 0 Å². The molecule has 9 heteroatoms. The molecule has 1 aromatic rings. The van der Waals surface area contributed by atoms with Crippen molar-refractivity contribution in [2.75, 3.05) is 6.54 Å². The van der Waals surface area contributed by atoms with E-state index < -0.39 is 30.6 Å². The number of pyridine rings is 1. The summed E-state index contributed by atoms with van der Waals surface area (Å²) in [7, 11) is 0. The summed E-state index contributed by atoms with van der Waals surface area (Å²) >= 11 is 0. The van der Waals surface area contributed by atoms with Crippen molar-refractivity contribution in [2.24, 2.45) is 5.11 Å². The molecule has 0 amide bonds. The average Bonchev–Trinajstić information content (AvgIpc) is 2.34. The van der Waals surface area contributed by atoms with Gasteiger partial charge in [0.05, 0.1) is 12.6 Å². The van der Waals surface area contributed by atoms with E-state index in [0.29, 0.717) is 6.07 Å². The molecule has 0 saturated heterocycles. The summed E-state index contributed by atoms with van der Waals surface area (Å²) < 4.78 is 36.6. The van der Waals surface area contributed by atoms with Crippen LogP contribution in [-0.2, 0) is 6.18 Å². The third-order valence-corrected chi connectivity index (χ3v) is 2.11. The second-order valence-electron chi connectivity index (χ2n) is 3.40. The lowest BCUT2D eigenvalue weighted by Crippen LogP contribution is -2.21. The molecule has 0 aliphatic heterocycles. The van der Waals surface area contributed by atoms with Crippen LogP contribution in [0.5, 0.6) is 0 Å². The molecule has 1 aromatic heterocycles. The standard InChI is InChI=1S/C9H9F3N4O2/c10-9(11,12)7-2-1-5(3-14-7)8(18)6(17)4-15-16-13/h1-3,6,8,17-18H,4H2. The third-order valence-electron chi connectivity index (χ3n) is 2.11. The normalized spacial score (nSPS) is 14.7. The first-order valence-corrected chi connectivity index (χ1v) is 4.76. The second kappa shape index (κ2) is 5.67. The van der Waals surface area contributed by atoms with Gasteiger partial charge >= 0.3 is 6.18 Å². The summed E-state index contributed by atoms with van der Waals surface area (Å²) in [5.41, 5.74) is 6.93. The lowest BCUT2D eigenvalue weighted by Gasteiger charge is -2.16. The number of aromatic nitrogens is 1. The highest BCUT2D eigenvalue weighted by Crippen LogP contribution is 2.28. The van der Waals surface area contributed by atoms with Gasteiger partial charge in [-0.15, -0.1) is 0 Å². The van der Waals surface area contributed by atoms with Crippen LogP contribution in [0, 0.1) is 0 Å². The molecule has 0 aromatic carbocycles. The van der Waals surface area contributed by atoms with E-state index in [1.165, 1.54) is 0 Å². The SMILES string of the molecule is [N-]=[N+]=NCC(O)C(O)c1ccc(C(F)(F)F)nc1. The van der Waals surface area contributed by atoms with E-state index in [4.69, 9.17) is 5.53 Å². The summed E-state index contributed by atoms with van der Waals surface area (Å²) in [6.07, 6.45) is -6.62. The Morgan fingerprint density at radius 1 is 1.39 bits per heavy atom. The van der Waals surface area contributed by atoms with E-state index >= 15 is 0 Å². The minimum absolute atomic E-state index is 0.00337. The van der Waals surface area contributed by atoms with Crippen LogP contribution in [0.25, 0.3) is 10.4 Å². The highest BCUT2D eigenvalue weighted by molar-refractivity contribution is 5.19. The molecule has 0 spiro atoms. The maximum Gasteiger partial charge on any atom is 0.433 e. The predicted octanol–water partition coefficient (Wildman–Crippen LogP) is 1.80. The van der Waals surface area contributed by atoms with Gasteiger partial charge in [0.25, 0.3) is 0 Å². The van der Waals surface area contributed by atoms with E-state index in [9.17, 15) is 23.4 Å². The van der Waals surface area contributed by atoms with Crippen molar-refractivity contribution in [3.05, 3.63) is 40.0 Å². The predicted molar refractivity (Wildman–Crippen MR) is 54.2 cm³/mol. The van der Waals surface area contributed by atoms with Crippen molar-refractivity contribution >= 4 is 0 Å². The molecule has 1 heterocycles. The van der Waals surface area contributed by atoms with E-state index in [0.717, 1.165) is 12.3 Å². The van der Waals surface area contributed by atoms with Gasteiger partial charge in [-0.2, -0.15) is 13.2 Å². The van der Waals surface area contributed by atoms with Gasteiger partial charge in [-0.3, -0.25) is 4.98 Å². The lowest BCUT2D eigenvalue weighted by molar-refractivity contribution is -0.141. The third kappa shape index (κ3) is 3.59. The highest BCUT2D eigenvalue weighted by Gasteiger charge is 2.32. The maximum absolute atomic E-state index is 12.2. The molecule has 0 aliphatic carbocycles. The van der Waals surface area contributed by atoms with E-state index in [2.05, 4.69) is 15.0 Å². The van der Waals surface area contributed by atoms with Crippen LogP contribution in [-0.4, -0.2) is 27.8 Å². The van der Waals surface area contributed by atoms with Gasteiger partial charge in [0.15, 0.2) is 0 Å². The number of halogens is 3. The number of nitrogens with zero attached hydrogens (tertiary/aromatic N) is 4. The second-order valence-corrected chi connectivity index (χ2v) is 3.40. The van der Waals surface area contributed by atoms with Crippen LogP contribution in [0.3, 0.4) is 0 Å². The van der Waals surface area contributed by atoms with Gasteiger partial charge in [0, 0.05) is 16.7 Å². The smallest absolute Gasteiger partial charge is 0.390 e. The van der Waals surface area contributed by atoms with Crippen molar-refractivity contribution in [3.8, 4) is 0 Å². The maximum atomic E-state index is 12.2. The summed E-state index contributed by atoms with van der Waals surface area (Å²) in [4.78, 5) is 5.52. The summed E-state index contributed by atoms with van der Waals surface area (Å²) in [5.74, 6) is 0. The molecule has 0 saturated carbocycles. The zero-order chi connectivity index (χ0) is 13.8. The molecule has 2 unspecified atom stereocenters. The van der Waals surface area contributed by atoms with Gasteiger partial charge in [0.2, 0.25) is 0 Å². The average molecular weight is 262 g/mol. The first-order valence-electron chi connectivity index (χ1n) is 4.76. The number of azide groups is 1. The fraction of sp³-hybridized carbons (Fsp3) is 0.444. The number of aliphatic hydroxyl groups is 2. The molecule has 0 aliphatic rings. The molecular weight excluding hydrogens is 253 g/mol. The molecule has 1 rings (SSSR count). The minimum atomic E-state index is -4.56. The number of alkyl halides is 3. The van der Waals surface area contributed by atoms with Crippen LogP contribution in [0.1, 0.15) is 17.4 Å². The number of hydrogen-bond donors (Lipinski definition) is 2. The molecule has 0 fully saturated rings. The van der Waals surface area contributed by atoms with Crippen LogP contribution in [0.15, 0.2) is 23.4 Å².